The number of ether oxygens (including phenoxy) is 2. The second kappa shape index (κ2) is 6.66. The van der Waals surface area contributed by atoms with Crippen LogP contribution < -0.4 is 15.2 Å². The van der Waals surface area contributed by atoms with E-state index in [0.717, 1.165) is 24.5 Å². The molecule has 0 aliphatic carbocycles. The zero-order valence-electron chi connectivity index (χ0n) is 12.6. The van der Waals surface area contributed by atoms with Crippen LogP contribution in [-0.4, -0.2) is 25.3 Å². The van der Waals surface area contributed by atoms with Crippen molar-refractivity contribution in [2.75, 3.05) is 20.8 Å². The molecule has 0 saturated heterocycles. The van der Waals surface area contributed by atoms with Gasteiger partial charge in [-0.1, -0.05) is 13.3 Å². The number of fused-ring (bicyclic) bond motifs is 1. The summed E-state index contributed by atoms with van der Waals surface area (Å²) in [5, 5.41) is 1.21. The van der Waals surface area contributed by atoms with Gasteiger partial charge in [0.25, 0.3) is 0 Å². The van der Waals surface area contributed by atoms with E-state index in [4.69, 9.17) is 15.2 Å². The van der Waals surface area contributed by atoms with Crippen LogP contribution in [0.1, 0.15) is 25.3 Å². The van der Waals surface area contributed by atoms with Crippen molar-refractivity contribution in [3.05, 3.63) is 23.9 Å². The van der Waals surface area contributed by atoms with Crippen LogP contribution in [0.5, 0.6) is 11.5 Å². The maximum atomic E-state index is 5.72. The van der Waals surface area contributed by atoms with Gasteiger partial charge in [0.05, 0.1) is 19.7 Å². The van der Waals surface area contributed by atoms with E-state index >= 15 is 0 Å². The van der Waals surface area contributed by atoms with Crippen molar-refractivity contribution < 1.29 is 9.47 Å². The third-order valence-electron chi connectivity index (χ3n) is 3.64. The molecule has 0 radical (unpaired) electrons. The van der Waals surface area contributed by atoms with Crippen molar-refractivity contribution in [1.29, 1.82) is 0 Å². The number of benzene rings is 1. The first kappa shape index (κ1) is 14.7. The Hall–Kier alpha value is -1.68. The summed E-state index contributed by atoms with van der Waals surface area (Å²) in [5.41, 5.74) is 8.19. The Labute approximate surface area is 120 Å². The molecule has 4 heteroatoms. The highest BCUT2D eigenvalue weighted by molar-refractivity contribution is 5.87. The normalized spacial score (nSPS) is 11.0. The topological polar surface area (TPSA) is 49.4 Å². The van der Waals surface area contributed by atoms with Gasteiger partial charge < -0.3 is 19.8 Å². The number of aromatic nitrogens is 1. The van der Waals surface area contributed by atoms with Gasteiger partial charge in [-0.05, 0) is 31.0 Å². The first-order valence-electron chi connectivity index (χ1n) is 7.19. The maximum absolute atomic E-state index is 5.72. The molecule has 1 heterocycles. The second-order valence-electron chi connectivity index (χ2n) is 4.96. The molecule has 1 aromatic carbocycles. The Morgan fingerprint density at radius 2 is 1.85 bits per heavy atom. The van der Waals surface area contributed by atoms with Crippen LogP contribution in [0.25, 0.3) is 10.9 Å². The molecule has 2 aromatic rings. The molecule has 20 heavy (non-hydrogen) atoms. The van der Waals surface area contributed by atoms with Gasteiger partial charge in [-0.2, -0.15) is 0 Å². The fraction of sp³-hybridized carbons (Fsp3) is 0.500. The highest BCUT2D eigenvalue weighted by Crippen LogP contribution is 2.34. The Morgan fingerprint density at radius 1 is 1.15 bits per heavy atom. The summed E-state index contributed by atoms with van der Waals surface area (Å²) in [5.74, 6) is 1.54. The molecule has 0 fully saturated rings. The largest absolute Gasteiger partial charge is 0.493 e. The summed E-state index contributed by atoms with van der Waals surface area (Å²) in [6.45, 7) is 3.88. The van der Waals surface area contributed by atoms with E-state index in [1.54, 1.807) is 14.2 Å². The van der Waals surface area contributed by atoms with Gasteiger partial charge in [0.15, 0.2) is 11.5 Å². The standard InChI is InChI=1S/C16H24N2O2/c1-4-5-8-18-11-12(6-7-17)13-9-15(19-2)16(20-3)10-14(13)18/h9-11H,4-8,17H2,1-3H3. The summed E-state index contributed by atoms with van der Waals surface area (Å²) in [6.07, 6.45) is 5.44. The molecule has 4 nitrogen and oxygen atoms in total. The van der Waals surface area contributed by atoms with Crippen LogP contribution in [0.3, 0.4) is 0 Å². The third-order valence-corrected chi connectivity index (χ3v) is 3.64. The average molecular weight is 276 g/mol. The predicted octanol–water partition coefficient (Wildman–Crippen LogP) is 2.96. The van der Waals surface area contributed by atoms with E-state index in [1.165, 1.54) is 29.3 Å². The van der Waals surface area contributed by atoms with Crippen molar-refractivity contribution in [3.63, 3.8) is 0 Å². The first-order valence-corrected chi connectivity index (χ1v) is 7.19. The molecule has 0 saturated carbocycles. The van der Waals surface area contributed by atoms with Gasteiger partial charge in [-0.15, -0.1) is 0 Å². The van der Waals surface area contributed by atoms with Crippen LogP contribution >= 0.6 is 0 Å². The lowest BCUT2D eigenvalue weighted by molar-refractivity contribution is 0.355. The number of hydrogen-bond donors (Lipinski definition) is 1. The number of nitrogens with zero attached hydrogens (tertiary/aromatic N) is 1. The SMILES string of the molecule is CCCCn1cc(CCN)c2cc(OC)c(OC)cc21. The molecule has 2 rings (SSSR count). The van der Waals surface area contributed by atoms with Crippen LogP contribution in [-0.2, 0) is 13.0 Å². The van der Waals surface area contributed by atoms with Gasteiger partial charge in [-0.3, -0.25) is 0 Å². The summed E-state index contributed by atoms with van der Waals surface area (Å²) < 4.78 is 13.1. The van der Waals surface area contributed by atoms with Crippen LogP contribution in [0.15, 0.2) is 18.3 Å². The predicted molar refractivity (Wildman–Crippen MR) is 82.7 cm³/mol. The minimum absolute atomic E-state index is 0.654. The molecular formula is C16H24N2O2. The molecule has 0 atom stereocenters. The zero-order chi connectivity index (χ0) is 14.5. The number of hydrogen-bond acceptors (Lipinski definition) is 3. The minimum Gasteiger partial charge on any atom is -0.493 e. The summed E-state index contributed by atoms with van der Waals surface area (Å²) in [7, 11) is 3.34. The molecular weight excluding hydrogens is 252 g/mol. The van der Waals surface area contributed by atoms with E-state index in [1.807, 2.05) is 0 Å². The Kier molecular flexibility index (Phi) is 4.90. The van der Waals surface area contributed by atoms with E-state index in [-0.39, 0.29) is 0 Å². The lowest BCUT2D eigenvalue weighted by atomic mass is 10.1. The molecule has 0 amide bonds. The zero-order valence-corrected chi connectivity index (χ0v) is 12.6. The fourth-order valence-electron chi connectivity index (χ4n) is 2.56. The maximum Gasteiger partial charge on any atom is 0.162 e. The van der Waals surface area contributed by atoms with Crippen LogP contribution in [0.2, 0.25) is 0 Å². The van der Waals surface area contributed by atoms with Crippen molar-refractivity contribution in [3.8, 4) is 11.5 Å². The average Bonchev–Trinajstić information content (AvgIpc) is 2.81. The molecule has 0 unspecified atom stereocenters. The molecule has 2 N–H and O–H groups in total. The molecule has 0 spiro atoms. The number of rotatable bonds is 7. The third kappa shape index (κ3) is 2.75. The van der Waals surface area contributed by atoms with Gasteiger partial charge in [-0.25, -0.2) is 0 Å². The number of unbranched alkanes of at least 4 members (excludes halogenated alkanes) is 1. The quantitative estimate of drug-likeness (QED) is 0.846. The van der Waals surface area contributed by atoms with Crippen molar-refractivity contribution >= 4 is 10.9 Å². The molecule has 0 aliphatic rings. The van der Waals surface area contributed by atoms with Gasteiger partial charge in [0.1, 0.15) is 0 Å². The molecule has 110 valence electrons. The monoisotopic (exact) mass is 276 g/mol. The highest BCUT2D eigenvalue weighted by Gasteiger charge is 2.13. The minimum atomic E-state index is 0.654. The van der Waals surface area contributed by atoms with Crippen molar-refractivity contribution in [1.82, 2.24) is 4.57 Å². The van der Waals surface area contributed by atoms with E-state index < -0.39 is 0 Å². The lowest BCUT2D eigenvalue weighted by Gasteiger charge is -2.10. The lowest BCUT2D eigenvalue weighted by Crippen LogP contribution is -2.02. The highest BCUT2D eigenvalue weighted by atomic mass is 16.5. The second-order valence-corrected chi connectivity index (χ2v) is 4.96. The van der Waals surface area contributed by atoms with Crippen LogP contribution in [0, 0.1) is 0 Å². The Bertz CT molecular complexity index is 575. The molecule has 0 bridgehead atoms. The van der Waals surface area contributed by atoms with Crippen molar-refractivity contribution in [2.24, 2.45) is 5.73 Å². The van der Waals surface area contributed by atoms with Crippen molar-refractivity contribution in [2.45, 2.75) is 32.7 Å². The fourth-order valence-corrected chi connectivity index (χ4v) is 2.56. The van der Waals surface area contributed by atoms with Gasteiger partial charge in [0.2, 0.25) is 0 Å². The van der Waals surface area contributed by atoms with E-state index in [9.17, 15) is 0 Å². The number of aryl methyl sites for hydroxylation is 1. The molecule has 0 aliphatic heterocycles. The summed E-state index contributed by atoms with van der Waals surface area (Å²) in [4.78, 5) is 0. The van der Waals surface area contributed by atoms with Gasteiger partial charge in [0, 0.05) is 24.2 Å². The smallest absolute Gasteiger partial charge is 0.162 e. The Morgan fingerprint density at radius 3 is 2.45 bits per heavy atom. The summed E-state index contributed by atoms with van der Waals surface area (Å²) in [6, 6.07) is 4.12. The van der Waals surface area contributed by atoms with Crippen LogP contribution in [0.4, 0.5) is 0 Å². The number of methoxy groups -OCH3 is 2. The summed E-state index contributed by atoms with van der Waals surface area (Å²) >= 11 is 0. The van der Waals surface area contributed by atoms with E-state index in [2.05, 4.69) is 29.8 Å². The van der Waals surface area contributed by atoms with Gasteiger partial charge >= 0.3 is 0 Å². The molecule has 1 aromatic heterocycles. The van der Waals surface area contributed by atoms with E-state index in [0.29, 0.717) is 6.54 Å². The first-order chi connectivity index (χ1) is 9.74. The Balaban J connectivity index is 2.56. The number of nitrogens with two attached hydrogens (primary N) is 1.